The van der Waals surface area contributed by atoms with Crippen LogP contribution >= 0.6 is 0 Å². The number of benzene rings is 7. The van der Waals surface area contributed by atoms with Gasteiger partial charge in [-0.1, -0.05) is 106 Å². The summed E-state index contributed by atoms with van der Waals surface area (Å²) in [7, 11) is -19.6. The summed E-state index contributed by atoms with van der Waals surface area (Å²) in [5, 5.41) is 62.3. The Bertz CT molecular complexity index is 3780. The molecule has 1 aliphatic rings. The third-order valence-corrected chi connectivity index (χ3v) is 20.3. The van der Waals surface area contributed by atoms with Crippen LogP contribution in [0.15, 0.2) is 160 Å². The van der Waals surface area contributed by atoms with Crippen LogP contribution in [0.3, 0.4) is 0 Å². The van der Waals surface area contributed by atoms with E-state index < -0.39 is 137 Å². The zero-order chi connectivity index (χ0) is 54.6. The van der Waals surface area contributed by atoms with Crippen LogP contribution in [0, 0.1) is 30.3 Å². The van der Waals surface area contributed by atoms with Crippen LogP contribution < -0.4 is 23.7 Å². The molecule has 0 aliphatic carbocycles. The fraction of sp³-hybridized carbons (Fsp3) is 0.143. The Morgan fingerprint density at radius 2 is 1.11 bits per heavy atom. The molecule has 0 fully saturated rings. The van der Waals surface area contributed by atoms with Gasteiger partial charge in [-0.15, -0.1) is 0 Å². The van der Waals surface area contributed by atoms with E-state index in [1.54, 1.807) is 36.4 Å². The molecule has 0 saturated heterocycles. The Morgan fingerprint density at radius 1 is 0.613 bits per heavy atom. The maximum Gasteiger partial charge on any atom is 0.346 e. The van der Waals surface area contributed by atoms with Crippen LogP contribution in [0.25, 0.3) is 22.3 Å². The molecular formula is C49H41N3O19S3Si. The van der Waals surface area contributed by atoms with Gasteiger partial charge in [0.1, 0.15) is 5.75 Å². The van der Waals surface area contributed by atoms with E-state index in [1.165, 1.54) is 18.2 Å². The lowest BCUT2D eigenvalue weighted by atomic mass is 9.86. The number of nitro groups is 3. The molecule has 22 nitrogen and oxygen atoms in total. The molecule has 0 unspecified atom stereocenters. The second kappa shape index (κ2) is 19.6. The van der Waals surface area contributed by atoms with Crippen molar-refractivity contribution in [2.24, 2.45) is 0 Å². The number of hydrogen-bond donors (Lipinski definition) is 4. The predicted molar refractivity (Wildman–Crippen MR) is 271 cm³/mol. The lowest BCUT2D eigenvalue weighted by Gasteiger charge is -2.43. The Balaban J connectivity index is 1.41. The summed E-state index contributed by atoms with van der Waals surface area (Å²) in [6.45, 7) is 5.67. The largest absolute Gasteiger partial charge is 0.531 e. The summed E-state index contributed by atoms with van der Waals surface area (Å²) >= 11 is 0. The van der Waals surface area contributed by atoms with Gasteiger partial charge >= 0.3 is 38.7 Å². The summed E-state index contributed by atoms with van der Waals surface area (Å²) in [4.78, 5) is 31.0. The zero-order valence-corrected chi connectivity index (χ0v) is 42.6. The number of para-hydroxylation sites is 3. The number of hydrogen-bond acceptors (Lipinski definition) is 17. The number of phenols is 1. The monoisotopic (exact) mass is 1100 g/mol. The van der Waals surface area contributed by atoms with Crippen LogP contribution in [0.1, 0.15) is 38.0 Å². The lowest BCUT2D eigenvalue weighted by molar-refractivity contribution is -0.387. The van der Waals surface area contributed by atoms with Gasteiger partial charge in [0.05, 0.1) is 32.0 Å². The van der Waals surface area contributed by atoms with Crippen molar-refractivity contribution in [2.75, 3.05) is 0 Å². The van der Waals surface area contributed by atoms with E-state index in [1.807, 2.05) is 45.0 Å². The van der Waals surface area contributed by atoms with Gasteiger partial charge in [-0.3, -0.25) is 39.4 Å². The maximum absolute atomic E-state index is 14.1. The molecule has 75 heavy (non-hydrogen) atoms. The highest BCUT2D eigenvalue weighted by Crippen LogP contribution is 2.51. The molecule has 0 bridgehead atoms. The first-order valence-electron chi connectivity index (χ1n) is 22.0. The van der Waals surface area contributed by atoms with Gasteiger partial charge in [0, 0.05) is 23.6 Å². The second-order valence-electron chi connectivity index (χ2n) is 18.0. The number of nitro benzene ring substituents is 3. The van der Waals surface area contributed by atoms with Crippen molar-refractivity contribution in [2.45, 2.75) is 59.1 Å². The normalized spacial score (nSPS) is 15.0. The van der Waals surface area contributed by atoms with E-state index in [0.29, 0.717) is 10.4 Å². The van der Waals surface area contributed by atoms with Crippen molar-refractivity contribution >= 4 is 66.1 Å². The van der Waals surface area contributed by atoms with E-state index >= 15 is 0 Å². The fourth-order valence-corrected chi connectivity index (χ4v) is 16.0. The zero-order valence-electron chi connectivity index (χ0n) is 39.2. The predicted octanol–water partition coefficient (Wildman–Crippen LogP) is 7.69. The van der Waals surface area contributed by atoms with E-state index in [9.17, 15) is 74.9 Å². The van der Waals surface area contributed by atoms with Crippen molar-refractivity contribution in [1.82, 2.24) is 0 Å². The molecule has 0 radical (unpaired) electrons. The molecule has 4 N–H and O–H groups in total. The van der Waals surface area contributed by atoms with Crippen molar-refractivity contribution in [3.05, 3.63) is 187 Å². The quantitative estimate of drug-likeness (QED) is 0.0251. The number of aliphatic hydroxyl groups is 1. The van der Waals surface area contributed by atoms with Crippen LogP contribution in [0.2, 0.25) is 5.04 Å². The molecule has 8 rings (SSSR count). The summed E-state index contributed by atoms with van der Waals surface area (Å²) < 4.78 is 118. The lowest BCUT2D eigenvalue weighted by Crippen LogP contribution is -2.68. The number of ether oxygens (including phenoxy) is 1. The van der Waals surface area contributed by atoms with Gasteiger partial charge < -0.3 is 23.6 Å². The maximum atomic E-state index is 14.1. The van der Waals surface area contributed by atoms with Crippen LogP contribution in [-0.4, -0.2) is 73.8 Å². The highest BCUT2D eigenvalue weighted by molar-refractivity contribution is 7.87. The third kappa shape index (κ3) is 10.0. The smallest absolute Gasteiger partial charge is 0.346 e. The molecule has 1 heterocycles. The molecule has 0 aromatic heterocycles. The van der Waals surface area contributed by atoms with E-state index in [2.05, 4.69) is 0 Å². The van der Waals surface area contributed by atoms with Gasteiger partial charge in [-0.2, -0.15) is 25.3 Å². The Morgan fingerprint density at radius 3 is 1.63 bits per heavy atom. The minimum Gasteiger partial charge on any atom is -0.531 e. The summed E-state index contributed by atoms with van der Waals surface area (Å²) in [5.74, 6) is -2.56. The first-order chi connectivity index (χ1) is 35.2. The first kappa shape index (κ1) is 53.2. The molecule has 26 heteroatoms. The van der Waals surface area contributed by atoms with Gasteiger partial charge in [0.25, 0.3) is 17.1 Å². The highest BCUT2D eigenvalue weighted by Gasteiger charge is 2.53. The number of fused-ring (bicyclic) bond motifs is 1. The Kier molecular flexibility index (Phi) is 13.9. The topological polar surface area (TPSA) is 340 Å². The standard InChI is InChI=1S/C49H41N3O19S3Si/c1-49(2,3)75(31-14-6-4-7-15-31,32-16-8-5-9-17-32)71-41-27-30(26-40(47(41)54)70-74(67,68)42-21-11-10-20-37(42)50(55)56)48-38(53)28-36-35(34-19-13-23-44(73(64,65)66)46(34)52(59)60)24-29(25-39(36)69-48)33-18-12-22-43(72(61,62)63)45(33)51(57)58/h4-27,38,48,53-54H,28H2,1-3H3,(H,61,62,63)(H,64,65,66)/t38-,48-/m1/s1. The van der Waals surface area contributed by atoms with E-state index in [0.717, 1.165) is 66.7 Å². The number of rotatable bonds is 15. The Hall–Kier alpha value is -8.11. The fourth-order valence-electron chi connectivity index (χ4n) is 9.17. The van der Waals surface area contributed by atoms with Crippen LogP contribution in [0.4, 0.5) is 17.1 Å². The minimum absolute atomic E-state index is 0.107. The van der Waals surface area contributed by atoms with E-state index in [-0.39, 0.29) is 28.0 Å². The number of aliphatic hydroxyl groups excluding tert-OH is 1. The second-order valence-corrected chi connectivity index (χ2v) is 26.5. The molecule has 0 spiro atoms. The molecule has 2 atom stereocenters. The first-order valence-corrected chi connectivity index (χ1v) is 28.2. The van der Waals surface area contributed by atoms with Crippen molar-refractivity contribution in [3.8, 4) is 45.3 Å². The van der Waals surface area contributed by atoms with Crippen molar-refractivity contribution in [1.29, 1.82) is 0 Å². The SMILES string of the molecule is CC(C)(C)[Si](Oc1cc([C@H]2Oc3cc(-c4cccc(S(=O)(=O)O)c4[N+](=O)[O-])cc(-c4cccc(S(=O)(=O)O)c4[N+](=O)[O-])c3C[C@H]2O)cc(OS(=O)(=O)c2ccccc2[N+](=O)[O-])c1O)(c1ccccc1)c1ccccc1. The average Bonchev–Trinajstić information content (AvgIpc) is 3.35. The average molecular weight is 1100 g/mol. The molecule has 7 aromatic carbocycles. The molecule has 1 aliphatic heterocycles. The van der Waals surface area contributed by atoms with Crippen molar-refractivity contribution < 1.29 is 72.7 Å². The summed E-state index contributed by atoms with van der Waals surface area (Å²) in [5.41, 5.74) is -5.20. The van der Waals surface area contributed by atoms with Gasteiger partial charge in [-0.05, 0) is 81.1 Å². The highest BCUT2D eigenvalue weighted by atomic mass is 32.2. The third-order valence-electron chi connectivity index (χ3n) is 12.3. The molecule has 7 aromatic rings. The van der Waals surface area contributed by atoms with Gasteiger partial charge in [0.15, 0.2) is 32.3 Å². The van der Waals surface area contributed by atoms with Crippen LogP contribution in [0.5, 0.6) is 23.0 Å². The van der Waals surface area contributed by atoms with Gasteiger partial charge in [-0.25, -0.2) is 0 Å². The molecule has 0 amide bonds. The van der Waals surface area contributed by atoms with Crippen molar-refractivity contribution in [3.63, 3.8) is 0 Å². The van der Waals surface area contributed by atoms with E-state index in [4.69, 9.17) is 13.3 Å². The Labute approximate surface area is 428 Å². The molecule has 0 saturated carbocycles. The summed E-state index contributed by atoms with van der Waals surface area (Å²) in [6, 6.07) is 32.2. The number of phenolic OH excluding ortho intramolecular Hbond substituents is 1. The van der Waals surface area contributed by atoms with Crippen LogP contribution in [-0.2, 0) is 36.8 Å². The molecular weight excluding hydrogens is 1060 g/mol. The number of aromatic hydroxyl groups is 1. The molecule has 388 valence electrons. The summed E-state index contributed by atoms with van der Waals surface area (Å²) in [6.07, 6.45) is -4.03. The van der Waals surface area contributed by atoms with Gasteiger partial charge in [0.2, 0.25) is 5.75 Å². The minimum atomic E-state index is -5.32. The number of nitrogens with zero attached hydrogens (tertiary/aromatic N) is 3.